The normalized spacial score (nSPS) is 5.71. The van der Waals surface area contributed by atoms with Gasteiger partial charge in [0.25, 0.3) is 0 Å². The molecule has 1 aromatic rings. The van der Waals surface area contributed by atoms with E-state index in [9.17, 15) is 0 Å². The van der Waals surface area contributed by atoms with Gasteiger partial charge in [0.2, 0.25) is 0 Å². The monoisotopic (exact) mass is 183 g/mol. The molecule has 0 aliphatic rings. The zero-order chi connectivity index (χ0) is 3.54. The van der Waals surface area contributed by atoms with Crippen LogP contribution in [0.15, 0.2) is 22.9 Å². The van der Waals surface area contributed by atoms with Crippen LogP contribution in [0.25, 0.3) is 0 Å². The van der Waals surface area contributed by atoms with Crippen molar-refractivity contribution in [2.24, 2.45) is 0 Å². The van der Waals surface area contributed by atoms with E-state index in [-0.39, 0.29) is 29.5 Å². The average molecular weight is 184 g/mol. The van der Waals surface area contributed by atoms with Gasteiger partial charge < -0.3 is 0 Å². The van der Waals surface area contributed by atoms with Crippen LogP contribution in [0.5, 0.6) is 0 Å². The van der Waals surface area contributed by atoms with E-state index < -0.39 is 0 Å². The first-order chi connectivity index (χ1) is 2.50. The molecule has 45 valence electrons. The number of halogens is 1. The molecule has 0 bridgehead atoms. The SMILES string of the molecule is Cl.[Cu].c1ccsc1. The largest absolute Gasteiger partial charge is 0.152 e. The molecule has 1 radical (unpaired) electrons. The summed E-state index contributed by atoms with van der Waals surface area (Å²) in [5, 5.41) is 4.08. The van der Waals surface area contributed by atoms with Crippen molar-refractivity contribution in [1.29, 1.82) is 0 Å². The Morgan fingerprint density at radius 2 is 1.43 bits per heavy atom. The number of hydrogen-bond acceptors (Lipinski definition) is 1. The van der Waals surface area contributed by atoms with Gasteiger partial charge in [-0.05, 0) is 10.8 Å². The molecule has 0 unspecified atom stereocenters. The minimum absolute atomic E-state index is 0. The minimum Gasteiger partial charge on any atom is -0.152 e. The third kappa shape index (κ3) is 4.36. The number of hydrogen-bond donors (Lipinski definition) is 0. The summed E-state index contributed by atoms with van der Waals surface area (Å²) in [4.78, 5) is 0. The second-order valence-corrected chi connectivity index (χ2v) is 1.61. The molecule has 0 saturated heterocycles. The molecule has 1 rings (SSSR count). The van der Waals surface area contributed by atoms with Crippen LogP contribution < -0.4 is 0 Å². The molecule has 0 N–H and O–H groups in total. The van der Waals surface area contributed by atoms with Crippen LogP contribution in [-0.4, -0.2) is 0 Å². The molecule has 0 atom stereocenters. The topological polar surface area (TPSA) is 0 Å². The molecule has 1 aromatic heterocycles. The van der Waals surface area contributed by atoms with Gasteiger partial charge in [0.1, 0.15) is 0 Å². The van der Waals surface area contributed by atoms with Crippen LogP contribution in [0.2, 0.25) is 0 Å². The molecule has 7 heavy (non-hydrogen) atoms. The maximum Gasteiger partial charge on any atom is 0 e. The molecule has 0 fully saturated rings. The van der Waals surface area contributed by atoms with Gasteiger partial charge in [-0.3, -0.25) is 0 Å². The first-order valence-corrected chi connectivity index (χ1v) is 2.41. The summed E-state index contributed by atoms with van der Waals surface area (Å²) in [6.07, 6.45) is 0. The third-order valence-corrected chi connectivity index (χ3v) is 1.05. The van der Waals surface area contributed by atoms with Crippen molar-refractivity contribution in [1.82, 2.24) is 0 Å². The Bertz CT molecular complexity index is 68.2. The molecule has 0 aliphatic carbocycles. The van der Waals surface area contributed by atoms with E-state index in [1.807, 2.05) is 22.9 Å². The smallest absolute Gasteiger partial charge is 0 e. The fraction of sp³-hybridized carbons (Fsp3) is 0. The van der Waals surface area contributed by atoms with Crippen molar-refractivity contribution in [3.05, 3.63) is 22.9 Å². The number of rotatable bonds is 0. The van der Waals surface area contributed by atoms with E-state index in [1.54, 1.807) is 11.3 Å². The van der Waals surface area contributed by atoms with E-state index >= 15 is 0 Å². The first kappa shape index (κ1) is 10.5. The zero-order valence-electron chi connectivity index (χ0n) is 3.43. The van der Waals surface area contributed by atoms with Crippen molar-refractivity contribution in [3.63, 3.8) is 0 Å². The molecule has 3 heteroatoms. The molecular formula is C4H5ClCuS. The van der Waals surface area contributed by atoms with Gasteiger partial charge in [-0.25, -0.2) is 0 Å². The number of thiophene rings is 1. The van der Waals surface area contributed by atoms with E-state index in [1.165, 1.54) is 0 Å². The molecule has 0 nitrogen and oxygen atoms in total. The second kappa shape index (κ2) is 6.51. The summed E-state index contributed by atoms with van der Waals surface area (Å²) < 4.78 is 0. The second-order valence-electron chi connectivity index (χ2n) is 0.793. The summed E-state index contributed by atoms with van der Waals surface area (Å²) in [5.74, 6) is 0. The van der Waals surface area contributed by atoms with E-state index in [0.29, 0.717) is 0 Å². The van der Waals surface area contributed by atoms with Gasteiger partial charge in [-0.15, -0.1) is 12.4 Å². The molecule has 1 heterocycles. The fourth-order valence-corrected chi connectivity index (χ4v) is 0.680. The van der Waals surface area contributed by atoms with Gasteiger partial charge in [0.05, 0.1) is 0 Å². The summed E-state index contributed by atoms with van der Waals surface area (Å²) in [7, 11) is 0. The van der Waals surface area contributed by atoms with Gasteiger partial charge >= 0.3 is 0 Å². The Morgan fingerprint density at radius 1 is 1.00 bits per heavy atom. The van der Waals surface area contributed by atoms with Crippen molar-refractivity contribution < 1.29 is 17.1 Å². The van der Waals surface area contributed by atoms with E-state index in [0.717, 1.165) is 0 Å². The van der Waals surface area contributed by atoms with E-state index in [4.69, 9.17) is 0 Å². The van der Waals surface area contributed by atoms with Crippen molar-refractivity contribution >= 4 is 23.7 Å². The van der Waals surface area contributed by atoms with Gasteiger partial charge in [-0.1, -0.05) is 12.1 Å². The molecule has 0 aliphatic heterocycles. The van der Waals surface area contributed by atoms with Crippen LogP contribution in [0.4, 0.5) is 0 Å². The minimum atomic E-state index is 0. The molecule has 0 saturated carbocycles. The molecule has 0 aromatic carbocycles. The Labute approximate surface area is 63.8 Å². The Kier molecular flexibility index (Phi) is 9.75. The Hall–Kier alpha value is 0.509. The van der Waals surface area contributed by atoms with Crippen LogP contribution in [-0.2, 0) is 17.1 Å². The summed E-state index contributed by atoms with van der Waals surface area (Å²) >= 11 is 1.71. The van der Waals surface area contributed by atoms with Crippen molar-refractivity contribution in [2.45, 2.75) is 0 Å². The summed E-state index contributed by atoms with van der Waals surface area (Å²) in [6.45, 7) is 0. The quantitative estimate of drug-likeness (QED) is 0.542. The van der Waals surface area contributed by atoms with Crippen LogP contribution >= 0.6 is 23.7 Å². The van der Waals surface area contributed by atoms with Crippen molar-refractivity contribution in [3.8, 4) is 0 Å². The van der Waals surface area contributed by atoms with Crippen LogP contribution in [0.3, 0.4) is 0 Å². The fourth-order valence-electron chi connectivity index (χ4n) is 0.227. The predicted molar refractivity (Wildman–Crippen MR) is 31.6 cm³/mol. The summed E-state index contributed by atoms with van der Waals surface area (Å²) in [5.41, 5.74) is 0. The standard InChI is InChI=1S/C4H4S.ClH.Cu/c1-2-4-5-3-1;;/h1-4H;1H;. The average Bonchev–Trinajstić information content (AvgIpc) is 1.76. The zero-order valence-corrected chi connectivity index (χ0v) is 6.00. The Balaban J connectivity index is 0. The van der Waals surface area contributed by atoms with Crippen LogP contribution in [0, 0.1) is 0 Å². The molecule has 0 amide bonds. The van der Waals surface area contributed by atoms with Gasteiger partial charge in [-0.2, -0.15) is 11.3 Å². The molecular weight excluding hydrogens is 179 g/mol. The Morgan fingerprint density at radius 3 is 1.57 bits per heavy atom. The van der Waals surface area contributed by atoms with Crippen LogP contribution in [0.1, 0.15) is 0 Å². The van der Waals surface area contributed by atoms with Gasteiger partial charge in [0.15, 0.2) is 0 Å². The van der Waals surface area contributed by atoms with E-state index in [2.05, 4.69) is 0 Å². The predicted octanol–water partition coefficient (Wildman–Crippen LogP) is 2.17. The third-order valence-electron chi connectivity index (χ3n) is 0.425. The van der Waals surface area contributed by atoms with Crippen molar-refractivity contribution in [2.75, 3.05) is 0 Å². The maximum absolute atomic E-state index is 2.04. The first-order valence-electron chi connectivity index (χ1n) is 1.47. The maximum atomic E-state index is 2.04. The summed E-state index contributed by atoms with van der Waals surface area (Å²) in [6, 6.07) is 4.04. The molecule has 0 spiro atoms. The van der Waals surface area contributed by atoms with Gasteiger partial charge in [0, 0.05) is 17.1 Å².